The van der Waals surface area contributed by atoms with Crippen LogP contribution in [0.15, 0.2) is 40.8 Å². The lowest BCUT2D eigenvalue weighted by Crippen LogP contribution is -2.13. The van der Waals surface area contributed by atoms with Crippen LogP contribution in [0.25, 0.3) is 11.2 Å². The molecule has 3 aromatic rings. The van der Waals surface area contributed by atoms with Gasteiger partial charge in [0.25, 0.3) is 0 Å². The average molecular weight is 303 g/mol. The zero-order valence-electron chi connectivity index (χ0n) is 11.4. The Morgan fingerprint density at radius 3 is 3.05 bits per heavy atom. The summed E-state index contributed by atoms with van der Waals surface area (Å²) in [5.74, 6) is -0.212. The molecule has 0 saturated carbocycles. The zero-order chi connectivity index (χ0) is 14.7. The fourth-order valence-electron chi connectivity index (χ4n) is 1.98. The molecule has 0 aliphatic rings. The molecule has 2 heterocycles. The van der Waals surface area contributed by atoms with Gasteiger partial charge < -0.3 is 10.3 Å². The molecule has 2 aromatic heterocycles. The summed E-state index contributed by atoms with van der Waals surface area (Å²) in [5.41, 5.74) is 2.02. The molecule has 1 aromatic carbocycles. The van der Waals surface area contributed by atoms with Crippen LogP contribution in [-0.4, -0.2) is 26.5 Å². The van der Waals surface area contributed by atoms with E-state index in [2.05, 4.69) is 25.3 Å². The summed E-state index contributed by atoms with van der Waals surface area (Å²) in [6, 6.07) is 5.08. The van der Waals surface area contributed by atoms with Crippen LogP contribution in [0.5, 0.6) is 0 Å². The van der Waals surface area contributed by atoms with E-state index in [1.165, 1.54) is 24.2 Å². The van der Waals surface area contributed by atoms with Crippen LogP contribution >= 0.6 is 11.8 Å². The zero-order valence-corrected chi connectivity index (χ0v) is 12.2. The monoisotopic (exact) mass is 303 g/mol. The van der Waals surface area contributed by atoms with Crippen molar-refractivity contribution in [3.05, 3.63) is 42.2 Å². The fraction of sp³-hybridized carbons (Fsp3) is 0.214. The van der Waals surface area contributed by atoms with Crippen molar-refractivity contribution in [3.63, 3.8) is 0 Å². The Kier molecular flexibility index (Phi) is 4.12. The van der Waals surface area contributed by atoms with Crippen LogP contribution in [0.4, 0.5) is 4.39 Å². The Labute approximate surface area is 125 Å². The first-order valence-corrected chi connectivity index (χ1v) is 7.41. The van der Waals surface area contributed by atoms with Crippen LogP contribution in [0.2, 0.25) is 0 Å². The summed E-state index contributed by atoms with van der Waals surface area (Å²) < 4.78 is 14.0. The molecule has 0 unspecified atom stereocenters. The van der Waals surface area contributed by atoms with Crippen LogP contribution in [0, 0.1) is 5.82 Å². The van der Waals surface area contributed by atoms with Gasteiger partial charge in [-0.3, -0.25) is 0 Å². The standard InChI is InChI=1S/C14H14FN5S/c1-2-16-6-9-10(15)4-3-5-11(9)21-14-12-13(18-7-17-12)19-8-20-14/h3-5,7-8,16H,2,6H2,1H3,(H,17,18,19,20). The lowest BCUT2D eigenvalue weighted by Gasteiger charge is -2.10. The van der Waals surface area contributed by atoms with Crippen LogP contribution in [0.3, 0.4) is 0 Å². The Bertz CT molecular complexity index is 758. The summed E-state index contributed by atoms with van der Waals surface area (Å²) in [5, 5.41) is 3.89. The van der Waals surface area contributed by atoms with Crippen molar-refractivity contribution in [2.45, 2.75) is 23.4 Å². The second-order valence-corrected chi connectivity index (χ2v) is 5.41. The SMILES string of the molecule is CCNCc1c(F)cccc1Sc1ncnc2nc[nH]c12. The Hall–Kier alpha value is -1.99. The Morgan fingerprint density at radius 1 is 1.29 bits per heavy atom. The number of H-pyrrole nitrogens is 1. The number of nitrogens with one attached hydrogen (secondary N) is 2. The Balaban J connectivity index is 1.97. The topological polar surface area (TPSA) is 66.5 Å². The van der Waals surface area contributed by atoms with Gasteiger partial charge in [-0.15, -0.1) is 0 Å². The smallest absolute Gasteiger partial charge is 0.181 e. The number of halogens is 1. The van der Waals surface area contributed by atoms with Gasteiger partial charge in [0.15, 0.2) is 5.65 Å². The van der Waals surface area contributed by atoms with E-state index in [9.17, 15) is 4.39 Å². The second-order valence-electron chi connectivity index (χ2n) is 4.38. The molecule has 0 aliphatic heterocycles. The van der Waals surface area contributed by atoms with Crippen LogP contribution < -0.4 is 5.32 Å². The van der Waals surface area contributed by atoms with Crippen molar-refractivity contribution in [3.8, 4) is 0 Å². The molecular weight excluding hydrogens is 289 g/mol. The van der Waals surface area contributed by atoms with Crippen LogP contribution in [-0.2, 0) is 6.54 Å². The van der Waals surface area contributed by atoms with Gasteiger partial charge in [0.05, 0.1) is 6.33 Å². The van der Waals surface area contributed by atoms with Gasteiger partial charge in [-0.05, 0) is 18.7 Å². The highest BCUT2D eigenvalue weighted by Gasteiger charge is 2.13. The predicted octanol–water partition coefficient (Wildman–Crippen LogP) is 2.75. The van der Waals surface area contributed by atoms with Crippen molar-refractivity contribution < 1.29 is 4.39 Å². The quantitative estimate of drug-likeness (QED) is 0.709. The summed E-state index contributed by atoms with van der Waals surface area (Å²) in [6.45, 7) is 3.27. The minimum atomic E-state index is -0.212. The number of fused-ring (bicyclic) bond motifs is 1. The first kappa shape index (κ1) is 14.0. The van der Waals surface area contributed by atoms with Gasteiger partial charge in [0.1, 0.15) is 22.7 Å². The predicted molar refractivity (Wildman–Crippen MR) is 79.6 cm³/mol. The number of imidazole rings is 1. The molecule has 0 saturated heterocycles. The summed E-state index contributed by atoms with van der Waals surface area (Å²) in [6.07, 6.45) is 3.04. The van der Waals surface area contributed by atoms with Crippen molar-refractivity contribution in [2.75, 3.05) is 6.54 Å². The maximum atomic E-state index is 14.0. The maximum Gasteiger partial charge on any atom is 0.181 e. The molecule has 0 aliphatic carbocycles. The van der Waals surface area contributed by atoms with Gasteiger partial charge in [-0.25, -0.2) is 19.3 Å². The first-order chi connectivity index (χ1) is 10.3. The average Bonchev–Trinajstić information content (AvgIpc) is 2.96. The van der Waals surface area contributed by atoms with E-state index in [1.54, 1.807) is 12.4 Å². The second kappa shape index (κ2) is 6.19. The summed E-state index contributed by atoms with van der Waals surface area (Å²) in [4.78, 5) is 16.3. The molecule has 0 atom stereocenters. The van der Waals surface area contributed by atoms with Gasteiger partial charge in [0, 0.05) is 17.0 Å². The molecule has 7 heteroatoms. The highest BCUT2D eigenvalue weighted by atomic mass is 32.2. The molecule has 5 nitrogen and oxygen atoms in total. The van der Waals surface area contributed by atoms with Gasteiger partial charge in [-0.1, -0.05) is 24.8 Å². The van der Waals surface area contributed by atoms with E-state index >= 15 is 0 Å². The third-order valence-electron chi connectivity index (χ3n) is 3.02. The largest absolute Gasteiger partial charge is 0.341 e. The molecule has 3 rings (SSSR count). The van der Waals surface area contributed by atoms with Crippen molar-refractivity contribution in [1.82, 2.24) is 25.3 Å². The molecule has 0 fully saturated rings. The van der Waals surface area contributed by atoms with Crippen molar-refractivity contribution >= 4 is 22.9 Å². The molecule has 108 valence electrons. The van der Waals surface area contributed by atoms with E-state index in [0.717, 1.165) is 22.0 Å². The Morgan fingerprint density at radius 2 is 2.19 bits per heavy atom. The molecule has 21 heavy (non-hydrogen) atoms. The number of hydrogen-bond donors (Lipinski definition) is 2. The first-order valence-electron chi connectivity index (χ1n) is 6.59. The minimum absolute atomic E-state index is 0.212. The normalized spacial score (nSPS) is 11.1. The minimum Gasteiger partial charge on any atom is -0.341 e. The fourth-order valence-corrected chi connectivity index (χ4v) is 2.98. The van der Waals surface area contributed by atoms with Crippen molar-refractivity contribution in [2.24, 2.45) is 0 Å². The van der Waals surface area contributed by atoms with Gasteiger partial charge in [-0.2, -0.15) is 0 Å². The number of rotatable bonds is 5. The number of aromatic nitrogens is 4. The molecule has 0 bridgehead atoms. The summed E-state index contributed by atoms with van der Waals surface area (Å²) >= 11 is 1.41. The third kappa shape index (κ3) is 2.88. The number of hydrogen-bond acceptors (Lipinski definition) is 5. The molecular formula is C14H14FN5S. The highest BCUT2D eigenvalue weighted by molar-refractivity contribution is 7.99. The molecule has 2 N–H and O–H groups in total. The third-order valence-corrected chi connectivity index (χ3v) is 4.13. The van der Waals surface area contributed by atoms with Gasteiger partial charge in [0.2, 0.25) is 0 Å². The van der Waals surface area contributed by atoms with Gasteiger partial charge >= 0.3 is 0 Å². The summed E-state index contributed by atoms with van der Waals surface area (Å²) in [7, 11) is 0. The van der Waals surface area contributed by atoms with E-state index in [4.69, 9.17) is 0 Å². The van der Waals surface area contributed by atoms with E-state index in [-0.39, 0.29) is 5.82 Å². The molecule has 0 radical (unpaired) electrons. The van der Waals surface area contributed by atoms with E-state index in [0.29, 0.717) is 17.8 Å². The molecule has 0 spiro atoms. The number of aromatic amines is 1. The lowest BCUT2D eigenvalue weighted by atomic mass is 10.2. The highest BCUT2D eigenvalue weighted by Crippen LogP contribution is 2.33. The van der Waals surface area contributed by atoms with Crippen LogP contribution in [0.1, 0.15) is 12.5 Å². The lowest BCUT2D eigenvalue weighted by molar-refractivity contribution is 0.585. The number of benzene rings is 1. The van der Waals surface area contributed by atoms with E-state index in [1.807, 2.05) is 13.0 Å². The maximum absolute atomic E-state index is 14.0. The number of nitrogens with zero attached hydrogens (tertiary/aromatic N) is 3. The molecule has 0 amide bonds. The van der Waals surface area contributed by atoms with Crippen molar-refractivity contribution in [1.29, 1.82) is 0 Å². The van der Waals surface area contributed by atoms with E-state index < -0.39 is 0 Å².